The van der Waals surface area contributed by atoms with E-state index in [4.69, 9.17) is 4.74 Å². The zero-order valence-corrected chi connectivity index (χ0v) is 17.2. The van der Waals surface area contributed by atoms with Crippen molar-refractivity contribution in [3.63, 3.8) is 0 Å². The lowest BCUT2D eigenvalue weighted by molar-refractivity contribution is -0.384. The van der Waals surface area contributed by atoms with Crippen molar-refractivity contribution in [3.8, 4) is 12.1 Å². The molecule has 29 heavy (non-hydrogen) atoms. The molecule has 0 bridgehead atoms. The summed E-state index contributed by atoms with van der Waals surface area (Å²) >= 11 is 1.42. The third kappa shape index (κ3) is 5.84. The molecule has 0 unspecified atom stereocenters. The summed E-state index contributed by atoms with van der Waals surface area (Å²) in [6.45, 7) is 5.78. The monoisotopic (exact) mass is 412 g/mol. The minimum atomic E-state index is -0.661. The van der Waals surface area contributed by atoms with Gasteiger partial charge in [0.2, 0.25) is 0 Å². The van der Waals surface area contributed by atoms with Crippen LogP contribution in [0.5, 0.6) is 0 Å². The number of carbonyl (C=O) groups excluding carboxylic acids is 1. The fraction of sp³-hybridized carbons (Fsp3) is 0.350. The summed E-state index contributed by atoms with van der Waals surface area (Å²) in [6.07, 6.45) is 1.87. The second-order valence-electron chi connectivity index (χ2n) is 7.13. The van der Waals surface area contributed by atoms with Crippen molar-refractivity contribution in [2.45, 2.75) is 32.8 Å². The lowest BCUT2D eigenvalue weighted by atomic mass is 10.0. The number of nitro benzene ring substituents is 1. The average molecular weight is 412 g/mol. The maximum Gasteiger partial charge on any atom is 0.415 e. The Kier molecular flexibility index (Phi) is 7.03. The molecule has 0 spiro atoms. The third-order valence-electron chi connectivity index (χ3n) is 3.81. The number of hydrogen-bond donors (Lipinski definition) is 0. The molecule has 0 radical (unpaired) electrons. The average Bonchev–Trinajstić information content (AvgIpc) is 2.67. The molecule has 1 heterocycles. The smallest absolute Gasteiger partial charge is 0.415 e. The van der Waals surface area contributed by atoms with Gasteiger partial charge < -0.3 is 4.74 Å². The van der Waals surface area contributed by atoms with E-state index < -0.39 is 16.6 Å². The van der Waals surface area contributed by atoms with Gasteiger partial charge in [0.25, 0.3) is 5.69 Å². The summed E-state index contributed by atoms with van der Waals surface area (Å²) < 4.78 is 5.46. The second kappa shape index (κ2) is 9.26. The first-order valence-corrected chi connectivity index (χ1v) is 9.79. The maximum absolute atomic E-state index is 12.6. The Balaban J connectivity index is 2.50. The van der Waals surface area contributed by atoms with E-state index in [0.717, 1.165) is 12.2 Å². The number of carbonyl (C=O) groups is 1. The van der Waals surface area contributed by atoms with Gasteiger partial charge in [-0.3, -0.25) is 15.0 Å². The molecule has 0 aromatic heterocycles. The lowest BCUT2D eigenvalue weighted by Gasteiger charge is -2.31. The summed E-state index contributed by atoms with van der Waals surface area (Å²) in [5.41, 5.74) is -0.147. The van der Waals surface area contributed by atoms with Gasteiger partial charge in [-0.2, -0.15) is 10.5 Å². The zero-order valence-electron chi connectivity index (χ0n) is 16.3. The molecule has 1 aromatic rings. The first-order valence-electron chi connectivity index (χ1n) is 8.80. The van der Waals surface area contributed by atoms with Crippen molar-refractivity contribution in [3.05, 3.63) is 56.6 Å². The summed E-state index contributed by atoms with van der Waals surface area (Å²) in [5, 5.41) is 30.2. The van der Waals surface area contributed by atoms with Gasteiger partial charge >= 0.3 is 6.09 Å². The molecule has 150 valence electrons. The number of hydrogen-bond acceptors (Lipinski definition) is 7. The summed E-state index contributed by atoms with van der Waals surface area (Å²) in [7, 11) is 0. The predicted molar refractivity (Wildman–Crippen MR) is 109 cm³/mol. The Morgan fingerprint density at radius 2 is 1.90 bits per heavy atom. The molecule has 0 atom stereocenters. The molecule has 1 amide bonds. The molecule has 1 aromatic carbocycles. The normalized spacial score (nSPS) is 15.2. The predicted octanol–water partition coefficient (Wildman–Crippen LogP) is 4.61. The van der Waals surface area contributed by atoms with Gasteiger partial charge in [0.15, 0.2) is 0 Å². The number of non-ortho nitro benzene ring substituents is 1. The molecule has 1 saturated heterocycles. The van der Waals surface area contributed by atoms with Crippen LogP contribution < -0.4 is 0 Å². The van der Waals surface area contributed by atoms with Gasteiger partial charge in [0, 0.05) is 30.0 Å². The van der Waals surface area contributed by atoms with Crippen LogP contribution in [-0.2, 0) is 4.74 Å². The van der Waals surface area contributed by atoms with Crippen LogP contribution in [0.25, 0.3) is 5.57 Å². The number of thioether (sulfide) groups is 1. The van der Waals surface area contributed by atoms with Gasteiger partial charge in [0.05, 0.1) is 9.95 Å². The Bertz CT molecular complexity index is 931. The highest BCUT2D eigenvalue weighted by molar-refractivity contribution is 8.03. The van der Waals surface area contributed by atoms with Crippen LogP contribution in [0, 0.1) is 32.8 Å². The number of allylic oxidation sites excluding steroid dienone is 3. The fourth-order valence-electron chi connectivity index (χ4n) is 2.54. The van der Waals surface area contributed by atoms with E-state index in [0.29, 0.717) is 22.7 Å². The first-order chi connectivity index (χ1) is 13.7. The van der Waals surface area contributed by atoms with Crippen molar-refractivity contribution in [1.82, 2.24) is 4.90 Å². The Morgan fingerprint density at radius 3 is 2.41 bits per heavy atom. The van der Waals surface area contributed by atoms with Crippen LogP contribution in [0.1, 0.15) is 32.8 Å². The van der Waals surface area contributed by atoms with Crippen molar-refractivity contribution >= 4 is 29.1 Å². The third-order valence-corrected chi connectivity index (χ3v) is 4.93. The minimum Gasteiger partial charge on any atom is -0.443 e. The number of nitro groups is 1. The fourth-order valence-corrected chi connectivity index (χ4v) is 3.54. The Labute approximate surface area is 173 Å². The van der Waals surface area contributed by atoms with Crippen molar-refractivity contribution in [1.29, 1.82) is 10.5 Å². The zero-order chi connectivity index (χ0) is 21.6. The van der Waals surface area contributed by atoms with Crippen molar-refractivity contribution in [2.75, 3.05) is 12.3 Å². The number of amides is 1. The molecule has 9 heteroatoms. The van der Waals surface area contributed by atoms with Gasteiger partial charge in [0.1, 0.15) is 23.3 Å². The quantitative estimate of drug-likeness (QED) is 0.404. The number of nitrogens with zero attached hydrogens (tertiary/aromatic N) is 4. The van der Waals surface area contributed by atoms with E-state index in [1.165, 1.54) is 40.9 Å². The van der Waals surface area contributed by atoms with Gasteiger partial charge in [-0.25, -0.2) is 4.79 Å². The van der Waals surface area contributed by atoms with Crippen LogP contribution in [0.2, 0.25) is 0 Å². The number of nitriles is 2. The second-order valence-corrected chi connectivity index (χ2v) is 8.25. The molecule has 1 aliphatic rings. The lowest BCUT2D eigenvalue weighted by Crippen LogP contribution is -2.38. The molecular formula is C20H20N4O4S. The standard InChI is InChI=1S/C20H20N4O4S/c1-20(2,3)28-19(25)23-9-4-10-29-18(23)11-17(15(12-21)13-22)14-5-7-16(8-6-14)24(26)27/h5-8,11H,4,9-10H2,1-3H3/b18-11-. The molecule has 0 saturated carbocycles. The van der Waals surface area contributed by atoms with Crippen LogP contribution in [0.3, 0.4) is 0 Å². The van der Waals surface area contributed by atoms with E-state index in [9.17, 15) is 25.4 Å². The minimum absolute atomic E-state index is 0.0985. The number of rotatable bonds is 3. The number of ether oxygens (including phenoxy) is 1. The van der Waals surface area contributed by atoms with Crippen LogP contribution in [0.4, 0.5) is 10.5 Å². The highest BCUT2D eigenvalue weighted by Crippen LogP contribution is 2.33. The Morgan fingerprint density at radius 1 is 1.28 bits per heavy atom. The topological polar surface area (TPSA) is 120 Å². The van der Waals surface area contributed by atoms with E-state index in [1.807, 2.05) is 12.1 Å². The first kappa shape index (κ1) is 22.0. The van der Waals surface area contributed by atoms with Crippen molar-refractivity contribution in [2.24, 2.45) is 0 Å². The van der Waals surface area contributed by atoms with E-state index in [2.05, 4.69) is 0 Å². The molecule has 8 nitrogen and oxygen atoms in total. The SMILES string of the molecule is CC(C)(C)OC(=O)N1CCCS/C1=C\C(=C(C#N)C#N)c1ccc([N+](=O)[O-])cc1. The van der Waals surface area contributed by atoms with Crippen LogP contribution in [-0.4, -0.2) is 33.8 Å². The van der Waals surface area contributed by atoms with Crippen molar-refractivity contribution < 1.29 is 14.5 Å². The van der Waals surface area contributed by atoms with Gasteiger partial charge in [-0.15, -0.1) is 11.8 Å². The molecular weight excluding hydrogens is 392 g/mol. The molecule has 1 fully saturated rings. The summed E-state index contributed by atoms with van der Waals surface area (Å²) in [5.74, 6) is 0.771. The molecule has 0 aliphatic carbocycles. The van der Waals surface area contributed by atoms with Crippen LogP contribution >= 0.6 is 11.8 Å². The Hall–Kier alpha value is -3.30. The highest BCUT2D eigenvalue weighted by atomic mass is 32.2. The van der Waals surface area contributed by atoms with E-state index >= 15 is 0 Å². The summed E-state index contributed by atoms with van der Waals surface area (Å²) in [6, 6.07) is 9.28. The molecule has 0 N–H and O–H groups in total. The van der Waals surface area contributed by atoms with E-state index in [1.54, 1.807) is 26.8 Å². The highest BCUT2D eigenvalue weighted by Gasteiger charge is 2.28. The maximum atomic E-state index is 12.6. The van der Waals surface area contributed by atoms with Crippen LogP contribution in [0.15, 0.2) is 40.9 Å². The van der Waals surface area contributed by atoms with Gasteiger partial charge in [-0.05, 0) is 51.0 Å². The molecule has 2 rings (SSSR count). The summed E-state index contributed by atoms with van der Waals surface area (Å²) in [4.78, 5) is 24.4. The largest absolute Gasteiger partial charge is 0.443 e. The number of benzene rings is 1. The van der Waals surface area contributed by atoms with E-state index in [-0.39, 0.29) is 11.3 Å². The van der Waals surface area contributed by atoms with Gasteiger partial charge in [-0.1, -0.05) is 0 Å². The molecule has 1 aliphatic heterocycles.